The van der Waals surface area contributed by atoms with Crippen molar-refractivity contribution in [1.29, 1.82) is 0 Å². The molecule has 0 saturated carbocycles. The second kappa shape index (κ2) is 9.70. The van der Waals surface area contributed by atoms with Gasteiger partial charge in [-0.15, -0.1) is 10.2 Å². The van der Waals surface area contributed by atoms with Crippen LogP contribution < -0.4 is 5.69 Å². The van der Waals surface area contributed by atoms with Crippen LogP contribution >= 0.6 is 11.6 Å². The molecule has 36 heavy (non-hydrogen) atoms. The van der Waals surface area contributed by atoms with E-state index in [0.717, 1.165) is 14.8 Å². The number of alkyl halides is 3. The van der Waals surface area contributed by atoms with Gasteiger partial charge in [0.1, 0.15) is 6.54 Å². The highest BCUT2D eigenvalue weighted by Gasteiger charge is 2.39. The van der Waals surface area contributed by atoms with Crippen molar-refractivity contribution in [2.45, 2.75) is 39.2 Å². The molecule has 188 valence electrons. The Kier molecular flexibility index (Phi) is 6.83. The summed E-state index contributed by atoms with van der Waals surface area (Å²) in [4.78, 5) is 29.5. The number of aromatic nitrogens is 6. The first-order valence-electron chi connectivity index (χ1n) is 10.7. The van der Waals surface area contributed by atoms with E-state index in [2.05, 4.69) is 15.2 Å². The maximum Gasteiger partial charge on any atom is 0.416 e. The van der Waals surface area contributed by atoms with E-state index in [-0.39, 0.29) is 29.8 Å². The number of nitrogens with zero attached hydrogens (tertiary/aromatic N) is 6. The minimum atomic E-state index is -4.94. The summed E-state index contributed by atoms with van der Waals surface area (Å²) in [5.74, 6) is -0.401. The third kappa shape index (κ3) is 5.09. The lowest BCUT2D eigenvalue weighted by atomic mass is 10.2. The number of hydrogen-bond acceptors (Lipinski definition) is 6. The molecule has 0 aliphatic heterocycles. The van der Waals surface area contributed by atoms with Gasteiger partial charge in [0.15, 0.2) is 29.4 Å². The number of aryl methyl sites for hydroxylation is 1. The van der Waals surface area contributed by atoms with Gasteiger partial charge in [-0.25, -0.2) is 19.1 Å². The average molecular weight is 521 g/mol. The maximum absolute atomic E-state index is 13.1. The van der Waals surface area contributed by atoms with Crippen LogP contribution in [0.3, 0.4) is 0 Å². The molecule has 0 aliphatic rings. The largest absolute Gasteiger partial charge is 0.416 e. The SMILES string of the molecule is CC(=O)c1nc(Cn2nc(-c3ccc(Cl)cc3)n(C[C@H](O)C(F)(F)F)c2=O)nn1-c1ccccc1C. The number of carbonyl (C=O) groups is 1. The van der Waals surface area contributed by atoms with Crippen molar-refractivity contribution < 1.29 is 23.1 Å². The number of Topliss-reactive ketones (excluding diaryl/α,β-unsaturated/α-hetero) is 1. The summed E-state index contributed by atoms with van der Waals surface area (Å²) in [6.07, 6.45) is -7.73. The number of hydrogen-bond donors (Lipinski definition) is 1. The zero-order valence-corrected chi connectivity index (χ0v) is 19.8. The number of ketones is 1. The Morgan fingerprint density at radius 2 is 1.78 bits per heavy atom. The topological polar surface area (TPSA) is 108 Å². The van der Waals surface area contributed by atoms with Crippen molar-refractivity contribution in [2.24, 2.45) is 0 Å². The van der Waals surface area contributed by atoms with Gasteiger partial charge in [0.25, 0.3) is 0 Å². The number of para-hydroxylation sites is 1. The number of aliphatic hydroxyl groups excluding tert-OH is 1. The fourth-order valence-corrected chi connectivity index (χ4v) is 3.68. The molecule has 13 heteroatoms. The third-order valence-electron chi connectivity index (χ3n) is 5.36. The zero-order valence-electron chi connectivity index (χ0n) is 19.1. The minimum absolute atomic E-state index is 0.0252. The third-order valence-corrected chi connectivity index (χ3v) is 5.61. The molecule has 0 spiro atoms. The Morgan fingerprint density at radius 1 is 1.11 bits per heavy atom. The van der Waals surface area contributed by atoms with Gasteiger partial charge in [-0.05, 0) is 42.8 Å². The number of halogens is 4. The highest BCUT2D eigenvalue weighted by atomic mass is 35.5. The lowest BCUT2D eigenvalue weighted by molar-refractivity contribution is -0.207. The summed E-state index contributed by atoms with van der Waals surface area (Å²) in [6.45, 7) is 1.76. The molecule has 0 aliphatic carbocycles. The van der Waals surface area contributed by atoms with Crippen molar-refractivity contribution in [3.05, 3.63) is 81.3 Å². The van der Waals surface area contributed by atoms with Crippen LogP contribution in [-0.4, -0.2) is 52.3 Å². The van der Waals surface area contributed by atoms with Gasteiger partial charge in [0.2, 0.25) is 0 Å². The molecule has 0 saturated heterocycles. The lowest BCUT2D eigenvalue weighted by Crippen LogP contribution is -2.37. The van der Waals surface area contributed by atoms with Crippen molar-refractivity contribution in [1.82, 2.24) is 29.1 Å². The standard InChI is InChI=1S/C23H20ClF3N6O3/c1-13-5-3-4-6-17(13)33-20(14(2)34)28-19(29-33)12-32-22(36)31(11-18(35)23(25,26)27)21(30-32)15-7-9-16(24)10-8-15/h3-10,18,35H,11-12H2,1-2H3/t18-/m0/s1. The van der Waals surface area contributed by atoms with E-state index in [1.165, 1.54) is 35.9 Å². The van der Waals surface area contributed by atoms with Gasteiger partial charge in [-0.1, -0.05) is 29.8 Å². The number of carbonyl (C=O) groups excluding carboxylic acids is 1. The fraction of sp³-hybridized carbons (Fsp3) is 0.261. The molecule has 4 rings (SSSR count). The normalized spacial score (nSPS) is 12.6. The quantitative estimate of drug-likeness (QED) is 0.374. The molecule has 4 aromatic rings. The monoisotopic (exact) mass is 520 g/mol. The number of benzene rings is 2. The van der Waals surface area contributed by atoms with Crippen LogP contribution in [0.2, 0.25) is 5.02 Å². The minimum Gasteiger partial charge on any atom is -0.382 e. The summed E-state index contributed by atoms with van der Waals surface area (Å²) in [7, 11) is 0. The van der Waals surface area contributed by atoms with Crippen LogP contribution in [-0.2, 0) is 13.1 Å². The van der Waals surface area contributed by atoms with Crippen LogP contribution in [0.4, 0.5) is 13.2 Å². The molecular weight excluding hydrogens is 501 g/mol. The predicted octanol–water partition coefficient (Wildman–Crippen LogP) is 3.43. The van der Waals surface area contributed by atoms with Gasteiger partial charge in [0, 0.05) is 17.5 Å². The van der Waals surface area contributed by atoms with Crippen molar-refractivity contribution in [3.8, 4) is 17.1 Å². The predicted molar refractivity (Wildman–Crippen MR) is 124 cm³/mol. The van der Waals surface area contributed by atoms with Crippen molar-refractivity contribution in [3.63, 3.8) is 0 Å². The summed E-state index contributed by atoms with van der Waals surface area (Å²) < 4.78 is 42.1. The first-order chi connectivity index (χ1) is 17.0. The van der Waals surface area contributed by atoms with Gasteiger partial charge in [0.05, 0.1) is 12.2 Å². The van der Waals surface area contributed by atoms with Crippen LogP contribution in [0.25, 0.3) is 17.1 Å². The van der Waals surface area contributed by atoms with Gasteiger partial charge >= 0.3 is 11.9 Å². The first-order valence-corrected chi connectivity index (χ1v) is 11.0. The molecule has 9 nitrogen and oxygen atoms in total. The van der Waals surface area contributed by atoms with Crippen molar-refractivity contribution in [2.75, 3.05) is 0 Å². The first kappa shape index (κ1) is 25.3. The Labute approximate surface area is 207 Å². The number of rotatable bonds is 7. The van der Waals surface area contributed by atoms with Gasteiger partial charge in [-0.2, -0.15) is 13.2 Å². The summed E-state index contributed by atoms with van der Waals surface area (Å²) in [5, 5.41) is 18.5. The molecule has 1 atom stereocenters. The molecule has 1 N–H and O–H groups in total. The van der Waals surface area contributed by atoms with Gasteiger partial charge in [-0.3, -0.25) is 9.36 Å². The summed E-state index contributed by atoms with van der Waals surface area (Å²) in [5.41, 5.74) is 0.825. The summed E-state index contributed by atoms with van der Waals surface area (Å²) >= 11 is 5.90. The highest BCUT2D eigenvalue weighted by Crippen LogP contribution is 2.24. The second-order valence-electron chi connectivity index (χ2n) is 8.04. The Bertz CT molecular complexity index is 1470. The molecule has 0 unspecified atom stereocenters. The molecular formula is C23H20ClF3N6O3. The van der Waals surface area contributed by atoms with E-state index in [4.69, 9.17) is 11.6 Å². The van der Waals surface area contributed by atoms with Crippen LogP contribution in [0, 0.1) is 6.92 Å². The smallest absolute Gasteiger partial charge is 0.382 e. The summed E-state index contributed by atoms with van der Waals surface area (Å²) in [6, 6.07) is 13.1. The van der Waals surface area contributed by atoms with E-state index in [9.17, 15) is 27.9 Å². The zero-order chi connectivity index (χ0) is 26.2. The van der Waals surface area contributed by atoms with Crippen LogP contribution in [0.5, 0.6) is 0 Å². The Hall–Kier alpha value is -3.77. The Morgan fingerprint density at radius 3 is 2.39 bits per heavy atom. The fourth-order valence-electron chi connectivity index (χ4n) is 3.55. The van der Waals surface area contributed by atoms with E-state index in [0.29, 0.717) is 16.3 Å². The highest BCUT2D eigenvalue weighted by molar-refractivity contribution is 6.30. The second-order valence-corrected chi connectivity index (χ2v) is 8.48. The van der Waals surface area contributed by atoms with Gasteiger partial charge < -0.3 is 5.11 Å². The Balaban J connectivity index is 1.78. The molecule has 0 amide bonds. The molecule has 0 bridgehead atoms. The number of aliphatic hydroxyl groups is 1. The van der Waals surface area contributed by atoms with E-state index >= 15 is 0 Å². The molecule has 2 aromatic carbocycles. The molecule has 2 heterocycles. The molecule has 2 aromatic heterocycles. The maximum atomic E-state index is 13.1. The average Bonchev–Trinajstić information content (AvgIpc) is 3.36. The van der Waals surface area contributed by atoms with E-state index in [1.54, 1.807) is 12.1 Å². The van der Waals surface area contributed by atoms with Crippen LogP contribution in [0.1, 0.15) is 28.9 Å². The molecule has 0 fully saturated rings. The molecule has 0 radical (unpaired) electrons. The van der Waals surface area contributed by atoms with Crippen LogP contribution in [0.15, 0.2) is 53.3 Å². The van der Waals surface area contributed by atoms with E-state index < -0.39 is 24.5 Å². The van der Waals surface area contributed by atoms with E-state index in [1.807, 2.05) is 19.1 Å². The van der Waals surface area contributed by atoms with Crippen molar-refractivity contribution >= 4 is 17.4 Å². The lowest BCUT2D eigenvalue weighted by Gasteiger charge is -2.15.